The number of alkyl halides is 3. The average Bonchev–Trinajstić information content (AvgIpc) is 2.64. The maximum absolute atomic E-state index is 13.1. The molecule has 0 amide bonds. The maximum Gasteiger partial charge on any atom is 0.417 e. The number of aromatic nitrogens is 1. The Morgan fingerprint density at radius 3 is 2.40 bits per heavy atom. The maximum atomic E-state index is 13.1. The number of aliphatic hydroxyl groups excluding tert-OH is 1. The van der Waals surface area contributed by atoms with Gasteiger partial charge in [0.05, 0.1) is 17.9 Å². The van der Waals surface area contributed by atoms with Gasteiger partial charge < -0.3 is 9.67 Å². The number of aliphatic hydroxyl groups is 1. The van der Waals surface area contributed by atoms with E-state index in [2.05, 4.69) is 0 Å². The fraction of sp³-hybridized carbons (Fsp3) is 0.333. The van der Waals surface area contributed by atoms with Gasteiger partial charge in [0.15, 0.2) is 0 Å². The van der Waals surface area contributed by atoms with Crippen LogP contribution in [-0.4, -0.2) is 16.3 Å². The largest absolute Gasteiger partial charge is 0.417 e. The van der Waals surface area contributed by atoms with E-state index in [9.17, 15) is 13.2 Å². The predicted molar refractivity (Wildman–Crippen MR) is 71.4 cm³/mol. The van der Waals surface area contributed by atoms with Crippen LogP contribution in [0.15, 0.2) is 30.5 Å². The van der Waals surface area contributed by atoms with E-state index in [1.54, 1.807) is 23.8 Å². The summed E-state index contributed by atoms with van der Waals surface area (Å²) in [5.41, 5.74) is 1.73. The van der Waals surface area contributed by atoms with Gasteiger partial charge in [0.1, 0.15) is 0 Å². The first-order chi connectivity index (χ1) is 9.36. The van der Waals surface area contributed by atoms with E-state index >= 15 is 0 Å². The van der Waals surface area contributed by atoms with Crippen molar-refractivity contribution in [2.75, 3.05) is 6.61 Å². The molecule has 1 aromatic heterocycles. The normalized spacial score (nSPS) is 11.9. The molecular weight excluding hydrogens is 267 g/mol. The highest BCUT2D eigenvalue weighted by molar-refractivity contribution is 5.70. The van der Waals surface area contributed by atoms with Gasteiger partial charge in [0.25, 0.3) is 0 Å². The molecule has 5 heteroatoms. The van der Waals surface area contributed by atoms with E-state index in [4.69, 9.17) is 5.11 Å². The number of rotatable bonds is 3. The summed E-state index contributed by atoms with van der Waals surface area (Å²) < 4.78 is 41.1. The average molecular weight is 283 g/mol. The molecule has 2 aromatic rings. The topological polar surface area (TPSA) is 25.2 Å². The Hall–Kier alpha value is -1.75. The molecule has 0 unspecified atom stereocenters. The predicted octanol–water partition coefficient (Wildman–Crippen LogP) is 3.78. The molecule has 0 saturated carbocycles. The molecule has 0 fully saturated rings. The second-order valence-corrected chi connectivity index (χ2v) is 4.75. The Kier molecular flexibility index (Phi) is 3.90. The first-order valence-corrected chi connectivity index (χ1v) is 6.30. The molecule has 0 atom stereocenters. The molecule has 2 nitrogen and oxygen atoms in total. The summed E-state index contributed by atoms with van der Waals surface area (Å²) in [6.07, 6.45) is -2.63. The SMILES string of the molecule is Cc1cn(CCO)c(-c2ccccc2C(F)(F)F)c1C. The third kappa shape index (κ3) is 2.58. The third-order valence-corrected chi connectivity index (χ3v) is 3.41. The zero-order valence-electron chi connectivity index (χ0n) is 11.3. The van der Waals surface area contributed by atoms with Gasteiger partial charge in [0, 0.05) is 18.3 Å². The summed E-state index contributed by atoms with van der Waals surface area (Å²) >= 11 is 0. The highest BCUT2D eigenvalue weighted by Crippen LogP contribution is 2.39. The summed E-state index contributed by atoms with van der Waals surface area (Å²) in [4.78, 5) is 0. The van der Waals surface area contributed by atoms with Crippen LogP contribution in [0.25, 0.3) is 11.3 Å². The lowest BCUT2D eigenvalue weighted by molar-refractivity contribution is -0.137. The van der Waals surface area contributed by atoms with Crippen LogP contribution in [0.1, 0.15) is 16.7 Å². The van der Waals surface area contributed by atoms with Gasteiger partial charge >= 0.3 is 6.18 Å². The number of halogens is 3. The lowest BCUT2D eigenvalue weighted by Crippen LogP contribution is -2.10. The minimum atomic E-state index is -4.40. The van der Waals surface area contributed by atoms with Gasteiger partial charge in [-0.3, -0.25) is 0 Å². The van der Waals surface area contributed by atoms with Crippen LogP contribution in [0, 0.1) is 13.8 Å². The molecule has 0 aliphatic rings. The quantitative estimate of drug-likeness (QED) is 0.911. The lowest BCUT2D eigenvalue weighted by Gasteiger charge is -2.15. The van der Waals surface area contributed by atoms with Crippen molar-refractivity contribution >= 4 is 0 Å². The smallest absolute Gasteiger partial charge is 0.395 e. The van der Waals surface area contributed by atoms with Crippen LogP contribution >= 0.6 is 0 Å². The highest BCUT2D eigenvalue weighted by Gasteiger charge is 2.34. The first-order valence-electron chi connectivity index (χ1n) is 6.30. The van der Waals surface area contributed by atoms with E-state index in [0.29, 0.717) is 5.69 Å². The molecule has 1 heterocycles. The zero-order valence-corrected chi connectivity index (χ0v) is 11.3. The number of nitrogens with zero attached hydrogens (tertiary/aromatic N) is 1. The Balaban J connectivity index is 2.69. The minimum Gasteiger partial charge on any atom is -0.395 e. The fourth-order valence-electron chi connectivity index (χ4n) is 2.37. The summed E-state index contributed by atoms with van der Waals surface area (Å²) in [6, 6.07) is 5.53. The molecule has 2 rings (SSSR count). The van der Waals surface area contributed by atoms with Crippen LogP contribution in [0.2, 0.25) is 0 Å². The molecule has 0 saturated heterocycles. The van der Waals surface area contributed by atoms with Crippen LogP contribution in [0.5, 0.6) is 0 Å². The monoisotopic (exact) mass is 283 g/mol. The summed E-state index contributed by atoms with van der Waals surface area (Å²) in [5.74, 6) is 0. The fourth-order valence-corrected chi connectivity index (χ4v) is 2.37. The zero-order chi connectivity index (χ0) is 14.9. The summed E-state index contributed by atoms with van der Waals surface area (Å²) in [6.45, 7) is 3.81. The molecule has 0 aliphatic heterocycles. The van der Waals surface area contributed by atoms with Crippen LogP contribution < -0.4 is 0 Å². The van der Waals surface area contributed by atoms with Crippen molar-refractivity contribution in [2.24, 2.45) is 0 Å². The van der Waals surface area contributed by atoms with Gasteiger partial charge in [-0.05, 0) is 31.0 Å². The number of aryl methyl sites for hydroxylation is 1. The Morgan fingerprint density at radius 2 is 1.80 bits per heavy atom. The lowest BCUT2D eigenvalue weighted by atomic mass is 10.0. The first kappa shape index (κ1) is 14.7. The van der Waals surface area contributed by atoms with E-state index < -0.39 is 11.7 Å². The van der Waals surface area contributed by atoms with E-state index in [1.165, 1.54) is 12.1 Å². The van der Waals surface area contributed by atoms with Gasteiger partial charge in [-0.2, -0.15) is 13.2 Å². The van der Waals surface area contributed by atoms with Gasteiger partial charge in [-0.1, -0.05) is 18.2 Å². The van der Waals surface area contributed by atoms with E-state index in [0.717, 1.165) is 17.2 Å². The van der Waals surface area contributed by atoms with E-state index in [1.807, 2.05) is 6.92 Å². The number of hydrogen-bond acceptors (Lipinski definition) is 1. The van der Waals surface area contributed by atoms with Crippen molar-refractivity contribution in [1.29, 1.82) is 0 Å². The molecule has 0 bridgehead atoms. The number of hydrogen-bond donors (Lipinski definition) is 1. The minimum absolute atomic E-state index is 0.116. The van der Waals surface area contributed by atoms with Crippen molar-refractivity contribution < 1.29 is 18.3 Å². The second kappa shape index (κ2) is 5.32. The molecule has 0 aliphatic carbocycles. The van der Waals surface area contributed by atoms with Crippen LogP contribution in [0.3, 0.4) is 0 Å². The van der Waals surface area contributed by atoms with Crippen molar-refractivity contribution in [2.45, 2.75) is 26.6 Å². The molecule has 20 heavy (non-hydrogen) atoms. The van der Waals surface area contributed by atoms with Gasteiger partial charge in [-0.25, -0.2) is 0 Å². The Morgan fingerprint density at radius 1 is 1.15 bits per heavy atom. The standard InChI is InChI=1S/C15H16F3NO/c1-10-9-19(7-8-20)14(11(10)2)12-5-3-4-6-13(12)15(16,17)18/h3-6,9,20H,7-8H2,1-2H3. The molecule has 1 N–H and O–H groups in total. The van der Waals surface area contributed by atoms with E-state index in [-0.39, 0.29) is 18.7 Å². The molecule has 0 radical (unpaired) electrons. The van der Waals surface area contributed by atoms with Crippen molar-refractivity contribution in [1.82, 2.24) is 4.57 Å². The molecular formula is C15H16F3NO. The van der Waals surface area contributed by atoms with Gasteiger partial charge in [0.2, 0.25) is 0 Å². The van der Waals surface area contributed by atoms with Crippen molar-refractivity contribution in [3.05, 3.63) is 47.2 Å². The van der Waals surface area contributed by atoms with Crippen LogP contribution in [-0.2, 0) is 12.7 Å². The summed E-state index contributed by atoms with van der Waals surface area (Å²) in [7, 11) is 0. The third-order valence-electron chi connectivity index (χ3n) is 3.41. The molecule has 108 valence electrons. The van der Waals surface area contributed by atoms with Crippen molar-refractivity contribution in [3.63, 3.8) is 0 Å². The van der Waals surface area contributed by atoms with Crippen molar-refractivity contribution in [3.8, 4) is 11.3 Å². The molecule has 0 spiro atoms. The Bertz CT molecular complexity index is 614. The van der Waals surface area contributed by atoms with Gasteiger partial charge in [-0.15, -0.1) is 0 Å². The highest BCUT2D eigenvalue weighted by atomic mass is 19.4. The number of benzene rings is 1. The molecule has 1 aromatic carbocycles. The summed E-state index contributed by atoms with van der Waals surface area (Å²) in [5, 5.41) is 9.08. The second-order valence-electron chi connectivity index (χ2n) is 4.75. The Labute approximate surface area is 115 Å². The van der Waals surface area contributed by atoms with Crippen LogP contribution in [0.4, 0.5) is 13.2 Å².